The molecule has 200 valence electrons. The summed E-state index contributed by atoms with van der Waals surface area (Å²) in [6.45, 7) is 13.7. The Bertz CT molecular complexity index is 1190. The van der Waals surface area contributed by atoms with Crippen LogP contribution in [0.4, 0.5) is 0 Å². The highest BCUT2D eigenvalue weighted by molar-refractivity contribution is 6.14. The molecule has 0 bridgehead atoms. The fourth-order valence-electron chi connectivity index (χ4n) is 4.85. The van der Waals surface area contributed by atoms with E-state index in [0.29, 0.717) is 31.5 Å². The van der Waals surface area contributed by atoms with Crippen LogP contribution in [0.3, 0.4) is 0 Å². The maximum Gasteiger partial charge on any atom is 0.187 e. The standard InChI is InChI=1S/C33H42N4O/c1-6-7-8-17-37-23-32(34-35-37)22-36-20-30(18-26-9-13-28(14-10-26)24(2)3)33(38)31(21-36)19-27-11-15-29(16-12-27)25(4)5/h9-16,18-19,23-25H,6-8,17,20-22H2,1-5H3/b30-18-,31-19+. The van der Waals surface area contributed by atoms with Crippen LogP contribution < -0.4 is 0 Å². The van der Waals surface area contributed by atoms with Gasteiger partial charge in [-0.2, -0.15) is 0 Å². The number of carbonyl (C=O) groups excluding carboxylic acids is 1. The average Bonchev–Trinajstić information content (AvgIpc) is 3.34. The smallest absolute Gasteiger partial charge is 0.187 e. The van der Waals surface area contributed by atoms with E-state index in [2.05, 4.69) is 111 Å². The average molecular weight is 511 g/mol. The van der Waals surface area contributed by atoms with Gasteiger partial charge in [-0.3, -0.25) is 14.4 Å². The van der Waals surface area contributed by atoms with E-state index in [9.17, 15) is 4.79 Å². The van der Waals surface area contributed by atoms with Crippen molar-refractivity contribution in [3.63, 3.8) is 0 Å². The zero-order valence-corrected chi connectivity index (χ0v) is 23.7. The molecule has 1 aliphatic rings. The van der Waals surface area contributed by atoms with Gasteiger partial charge in [0.25, 0.3) is 0 Å². The fourth-order valence-corrected chi connectivity index (χ4v) is 4.85. The Labute approximate surface area is 228 Å². The molecule has 0 radical (unpaired) electrons. The number of unbranched alkanes of at least 4 members (excludes halogenated alkanes) is 2. The molecule has 38 heavy (non-hydrogen) atoms. The zero-order chi connectivity index (χ0) is 27.1. The lowest BCUT2D eigenvalue weighted by molar-refractivity contribution is -0.113. The molecule has 5 nitrogen and oxygen atoms in total. The van der Waals surface area contributed by atoms with Crippen LogP contribution in [0, 0.1) is 0 Å². The summed E-state index contributed by atoms with van der Waals surface area (Å²) in [6.07, 6.45) is 9.65. The summed E-state index contributed by atoms with van der Waals surface area (Å²) >= 11 is 0. The monoisotopic (exact) mass is 510 g/mol. The van der Waals surface area contributed by atoms with Crippen LogP contribution in [-0.4, -0.2) is 38.8 Å². The summed E-state index contributed by atoms with van der Waals surface area (Å²) in [5, 5.41) is 8.76. The molecule has 0 unspecified atom stereocenters. The number of hydrogen-bond acceptors (Lipinski definition) is 4. The lowest BCUT2D eigenvalue weighted by Crippen LogP contribution is -2.37. The molecular formula is C33H42N4O. The highest BCUT2D eigenvalue weighted by atomic mass is 16.1. The summed E-state index contributed by atoms with van der Waals surface area (Å²) in [6, 6.07) is 17.1. The maximum atomic E-state index is 13.6. The number of hydrogen-bond donors (Lipinski definition) is 0. The molecule has 1 aromatic heterocycles. The number of ketones is 1. The van der Waals surface area contributed by atoms with Gasteiger partial charge in [0.05, 0.1) is 5.69 Å². The van der Waals surface area contributed by atoms with Crippen LogP contribution in [-0.2, 0) is 17.9 Å². The minimum atomic E-state index is 0.130. The number of Topliss-reactive ketones (excluding diaryl/α,β-unsaturated/α-hetero) is 1. The second kappa shape index (κ2) is 13.0. The van der Waals surface area contributed by atoms with Crippen molar-refractivity contribution in [1.82, 2.24) is 19.9 Å². The first-order valence-corrected chi connectivity index (χ1v) is 14.1. The van der Waals surface area contributed by atoms with Crippen molar-refractivity contribution in [3.8, 4) is 0 Å². The van der Waals surface area contributed by atoms with E-state index in [1.54, 1.807) is 0 Å². The van der Waals surface area contributed by atoms with E-state index < -0.39 is 0 Å². The first-order chi connectivity index (χ1) is 18.3. The van der Waals surface area contributed by atoms with Gasteiger partial charge in [-0.1, -0.05) is 101 Å². The predicted molar refractivity (Wildman–Crippen MR) is 157 cm³/mol. The van der Waals surface area contributed by atoms with E-state index in [4.69, 9.17) is 0 Å². The van der Waals surface area contributed by atoms with Crippen LogP contribution in [0.25, 0.3) is 12.2 Å². The summed E-state index contributed by atoms with van der Waals surface area (Å²) < 4.78 is 1.94. The third-order valence-electron chi connectivity index (χ3n) is 7.22. The SMILES string of the molecule is CCCCCn1cc(CN2C/C(=C/c3ccc(C(C)C)cc3)C(=O)/C(=C/c3ccc(C(C)C)cc3)C2)nn1. The minimum absolute atomic E-state index is 0.130. The topological polar surface area (TPSA) is 51.0 Å². The molecule has 1 fully saturated rings. The third kappa shape index (κ3) is 7.38. The molecule has 0 N–H and O–H groups in total. The van der Waals surface area contributed by atoms with Gasteiger partial charge in [-0.05, 0) is 52.7 Å². The Morgan fingerprint density at radius 2 is 1.34 bits per heavy atom. The van der Waals surface area contributed by atoms with Gasteiger partial charge in [0.15, 0.2) is 5.78 Å². The molecule has 2 heterocycles. The Kier molecular flexibility index (Phi) is 9.46. The third-order valence-corrected chi connectivity index (χ3v) is 7.22. The molecular weight excluding hydrogens is 468 g/mol. The van der Waals surface area contributed by atoms with Crippen LogP contribution in [0.5, 0.6) is 0 Å². The van der Waals surface area contributed by atoms with Gasteiger partial charge >= 0.3 is 0 Å². The van der Waals surface area contributed by atoms with Gasteiger partial charge in [0, 0.05) is 43.5 Å². The molecule has 0 saturated carbocycles. The summed E-state index contributed by atoms with van der Waals surface area (Å²) in [5.41, 5.74) is 7.29. The number of likely N-dealkylation sites (tertiary alicyclic amines) is 1. The number of nitrogens with zero attached hydrogens (tertiary/aromatic N) is 4. The lowest BCUT2D eigenvalue weighted by atomic mass is 9.93. The Morgan fingerprint density at radius 1 is 0.816 bits per heavy atom. The van der Waals surface area contributed by atoms with Gasteiger partial charge < -0.3 is 0 Å². The maximum absolute atomic E-state index is 13.6. The number of aromatic nitrogens is 3. The Balaban J connectivity index is 1.59. The van der Waals surface area contributed by atoms with Crippen molar-refractivity contribution in [1.29, 1.82) is 0 Å². The van der Waals surface area contributed by atoms with Gasteiger partial charge in [0.2, 0.25) is 0 Å². The van der Waals surface area contributed by atoms with Crippen molar-refractivity contribution in [2.45, 2.75) is 78.8 Å². The number of piperidine rings is 1. The largest absolute Gasteiger partial charge is 0.289 e. The normalized spacial score (nSPS) is 16.9. The van der Waals surface area contributed by atoms with E-state index in [1.807, 2.05) is 10.9 Å². The Morgan fingerprint density at radius 3 is 1.82 bits per heavy atom. The quantitative estimate of drug-likeness (QED) is 0.213. The van der Waals surface area contributed by atoms with Crippen molar-refractivity contribution in [2.75, 3.05) is 13.1 Å². The van der Waals surface area contributed by atoms with E-state index in [1.165, 1.54) is 24.0 Å². The summed E-state index contributed by atoms with van der Waals surface area (Å²) in [7, 11) is 0. The summed E-state index contributed by atoms with van der Waals surface area (Å²) in [4.78, 5) is 15.9. The van der Waals surface area contributed by atoms with Crippen molar-refractivity contribution in [3.05, 3.63) is 93.8 Å². The van der Waals surface area contributed by atoms with Crippen molar-refractivity contribution >= 4 is 17.9 Å². The van der Waals surface area contributed by atoms with Crippen LogP contribution in [0.15, 0.2) is 65.9 Å². The molecule has 3 aromatic rings. The predicted octanol–water partition coefficient (Wildman–Crippen LogP) is 7.27. The molecule has 1 aliphatic heterocycles. The number of rotatable bonds is 10. The molecule has 4 rings (SSSR count). The molecule has 0 amide bonds. The van der Waals surface area contributed by atoms with Crippen LogP contribution in [0.1, 0.15) is 93.7 Å². The lowest BCUT2D eigenvalue weighted by Gasteiger charge is -2.29. The van der Waals surface area contributed by atoms with Crippen molar-refractivity contribution in [2.24, 2.45) is 0 Å². The van der Waals surface area contributed by atoms with E-state index >= 15 is 0 Å². The second-order valence-corrected chi connectivity index (χ2v) is 11.1. The first-order valence-electron chi connectivity index (χ1n) is 14.1. The highest BCUT2D eigenvalue weighted by Crippen LogP contribution is 2.25. The zero-order valence-electron chi connectivity index (χ0n) is 23.7. The van der Waals surface area contributed by atoms with Gasteiger partial charge in [-0.15, -0.1) is 5.10 Å². The Hall–Kier alpha value is -3.31. The van der Waals surface area contributed by atoms with Crippen LogP contribution in [0.2, 0.25) is 0 Å². The minimum Gasteiger partial charge on any atom is -0.289 e. The first kappa shape index (κ1) is 27.7. The fraction of sp³-hybridized carbons (Fsp3) is 0.424. The number of carbonyl (C=O) groups is 1. The molecule has 0 aliphatic carbocycles. The highest BCUT2D eigenvalue weighted by Gasteiger charge is 2.27. The molecule has 0 spiro atoms. The van der Waals surface area contributed by atoms with Crippen molar-refractivity contribution < 1.29 is 4.79 Å². The number of benzene rings is 2. The van der Waals surface area contributed by atoms with E-state index in [0.717, 1.165) is 40.9 Å². The molecule has 0 atom stereocenters. The van der Waals surface area contributed by atoms with E-state index in [-0.39, 0.29) is 5.78 Å². The van der Waals surface area contributed by atoms with Gasteiger partial charge in [0.1, 0.15) is 0 Å². The second-order valence-electron chi connectivity index (χ2n) is 11.1. The molecule has 2 aromatic carbocycles. The summed E-state index contributed by atoms with van der Waals surface area (Å²) in [5.74, 6) is 1.09. The number of aryl methyl sites for hydroxylation is 1. The van der Waals surface area contributed by atoms with Crippen LogP contribution >= 0.6 is 0 Å². The molecule has 5 heteroatoms. The van der Waals surface area contributed by atoms with Gasteiger partial charge in [-0.25, -0.2) is 0 Å². The molecule has 1 saturated heterocycles.